The van der Waals surface area contributed by atoms with Crippen LogP contribution < -0.4 is 10.9 Å². The lowest BCUT2D eigenvalue weighted by molar-refractivity contribution is -0.137. The maximum atomic E-state index is 15.2. The largest absolute Gasteiger partial charge is 0.444 e. The number of H-pyrrole nitrogens is 1. The summed E-state index contributed by atoms with van der Waals surface area (Å²) in [6.07, 6.45) is 4.86. The molecule has 2 aliphatic carbocycles. The number of ether oxygens (including phenoxy) is 1. The second kappa shape index (κ2) is 12.0. The van der Waals surface area contributed by atoms with Crippen molar-refractivity contribution in [3.63, 3.8) is 0 Å². The van der Waals surface area contributed by atoms with Gasteiger partial charge in [0.1, 0.15) is 11.4 Å². The predicted octanol–water partition coefficient (Wildman–Crippen LogP) is 6.38. The molecule has 11 heteroatoms. The number of aromatic amines is 1. The van der Waals surface area contributed by atoms with E-state index < -0.39 is 17.1 Å². The van der Waals surface area contributed by atoms with Crippen LogP contribution in [0.4, 0.5) is 9.18 Å². The minimum Gasteiger partial charge on any atom is -0.444 e. The van der Waals surface area contributed by atoms with Gasteiger partial charge in [0, 0.05) is 28.2 Å². The summed E-state index contributed by atoms with van der Waals surface area (Å²) in [5.74, 6) is -0.485. The standard InChI is InChI=1S/C34H35BrFN5O4/c1-33(2,3)45-32(44)38-18-27-25-16-22(10-12-24(25)30(42)40-39-27)34(13-14-34)31(43)41(19-21-9-11-23(35)17-26(21)36)28-8-4-6-20-7-5-15-37-29(20)28/h5,7,9-12,15-17,28H,4,6,8,13-14,18-19H2,1-3H3,(H,38,44)(H,40,42). The summed E-state index contributed by atoms with van der Waals surface area (Å²) in [7, 11) is 0. The maximum absolute atomic E-state index is 15.2. The van der Waals surface area contributed by atoms with Crippen LogP contribution in [0.15, 0.2) is 64.0 Å². The Bertz CT molecular complexity index is 1850. The van der Waals surface area contributed by atoms with Gasteiger partial charge in [-0.2, -0.15) is 5.10 Å². The average Bonchev–Trinajstić information content (AvgIpc) is 3.81. The van der Waals surface area contributed by atoms with Gasteiger partial charge in [0.05, 0.1) is 34.8 Å². The third-order valence-electron chi connectivity index (χ3n) is 8.54. The molecule has 2 aromatic carbocycles. The van der Waals surface area contributed by atoms with E-state index >= 15 is 4.39 Å². The number of aromatic nitrogens is 3. The van der Waals surface area contributed by atoms with Crippen LogP contribution in [-0.4, -0.2) is 37.7 Å². The number of carbonyl (C=O) groups is 2. The lowest BCUT2D eigenvalue weighted by Gasteiger charge is -2.37. The molecule has 0 bridgehead atoms. The zero-order chi connectivity index (χ0) is 31.9. The van der Waals surface area contributed by atoms with E-state index in [2.05, 4.69) is 31.4 Å². The van der Waals surface area contributed by atoms with Gasteiger partial charge in [0.2, 0.25) is 5.91 Å². The van der Waals surface area contributed by atoms with Gasteiger partial charge >= 0.3 is 6.09 Å². The smallest absolute Gasteiger partial charge is 0.407 e. The van der Waals surface area contributed by atoms with Crippen molar-refractivity contribution in [3.8, 4) is 0 Å². The highest BCUT2D eigenvalue weighted by Gasteiger charge is 2.54. The molecule has 1 saturated carbocycles. The molecule has 234 valence electrons. The second-order valence-electron chi connectivity index (χ2n) is 12.8. The van der Waals surface area contributed by atoms with Crippen molar-refractivity contribution in [3.05, 3.63) is 103 Å². The Kier molecular flexibility index (Phi) is 8.24. The number of benzene rings is 2. The number of alkyl carbamates (subject to hydrolysis) is 1. The SMILES string of the molecule is CC(C)(C)OC(=O)NCc1n[nH]c(=O)c2ccc(C3(C(=O)N(Cc4ccc(Br)cc4F)C4CCCc5cccnc54)CC3)cc12. The summed E-state index contributed by atoms with van der Waals surface area (Å²) in [5.41, 5.74) is 1.70. The quantitative estimate of drug-likeness (QED) is 0.235. The van der Waals surface area contributed by atoms with Crippen LogP contribution in [0.3, 0.4) is 0 Å². The predicted molar refractivity (Wildman–Crippen MR) is 171 cm³/mol. The number of halogens is 2. The van der Waals surface area contributed by atoms with Gasteiger partial charge in [-0.3, -0.25) is 14.6 Å². The zero-order valence-electron chi connectivity index (χ0n) is 25.5. The summed E-state index contributed by atoms with van der Waals surface area (Å²) in [6.45, 7) is 5.44. The number of amides is 2. The van der Waals surface area contributed by atoms with Crippen LogP contribution >= 0.6 is 15.9 Å². The number of pyridine rings is 1. The fraction of sp³-hybridized carbons (Fsp3) is 0.382. The van der Waals surface area contributed by atoms with Gasteiger partial charge in [-0.15, -0.1) is 0 Å². The first-order chi connectivity index (χ1) is 21.4. The summed E-state index contributed by atoms with van der Waals surface area (Å²) >= 11 is 3.33. The Hall–Kier alpha value is -4.12. The molecule has 0 spiro atoms. The van der Waals surface area contributed by atoms with Gasteiger partial charge in [0.15, 0.2) is 0 Å². The van der Waals surface area contributed by atoms with E-state index in [1.807, 2.05) is 24.3 Å². The minimum atomic E-state index is -0.842. The Morgan fingerprint density at radius 3 is 2.69 bits per heavy atom. The van der Waals surface area contributed by atoms with E-state index in [1.54, 1.807) is 50.1 Å². The van der Waals surface area contributed by atoms with Crippen molar-refractivity contribution in [1.29, 1.82) is 0 Å². The Labute approximate surface area is 268 Å². The second-order valence-corrected chi connectivity index (χ2v) is 13.7. The van der Waals surface area contributed by atoms with Crippen molar-refractivity contribution >= 4 is 38.7 Å². The molecule has 2 N–H and O–H groups in total. The lowest BCUT2D eigenvalue weighted by atomic mass is 9.87. The van der Waals surface area contributed by atoms with Gasteiger partial charge in [-0.25, -0.2) is 14.3 Å². The molecule has 45 heavy (non-hydrogen) atoms. The van der Waals surface area contributed by atoms with Gasteiger partial charge in [-0.05, 0) is 94.3 Å². The van der Waals surface area contributed by atoms with Crippen molar-refractivity contribution in [2.75, 3.05) is 0 Å². The summed E-state index contributed by atoms with van der Waals surface area (Å²) < 4.78 is 21.2. The molecule has 6 rings (SSSR count). The minimum absolute atomic E-state index is 0.0199. The zero-order valence-corrected chi connectivity index (χ0v) is 27.0. The number of carbonyl (C=O) groups excluding carboxylic acids is 2. The number of nitrogens with zero attached hydrogens (tertiary/aromatic N) is 3. The first-order valence-electron chi connectivity index (χ1n) is 15.1. The molecule has 1 atom stereocenters. The van der Waals surface area contributed by atoms with Gasteiger partial charge < -0.3 is 15.0 Å². The van der Waals surface area contributed by atoms with Crippen molar-refractivity contribution in [1.82, 2.24) is 25.4 Å². The highest BCUT2D eigenvalue weighted by molar-refractivity contribution is 9.10. The highest BCUT2D eigenvalue weighted by atomic mass is 79.9. The van der Waals surface area contributed by atoms with E-state index in [0.717, 1.165) is 36.1 Å². The van der Waals surface area contributed by atoms with E-state index in [4.69, 9.17) is 9.72 Å². The van der Waals surface area contributed by atoms with E-state index in [-0.39, 0.29) is 36.4 Å². The molecular formula is C34H35BrFN5O4. The summed E-state index contributed by atoms with van der Waals surface area (Å²) in [5, 5.41) is 10.4. The number of hydrogen-bond donors (Lipinski definition) is 2. The lowest BCUT2D eigenvalue weighted by Crippen LogP contribution is -2.43. The van der Waals surface area contributed by atoms with Crippen LogP contribution in [0.1, 0.15) is 80.6 Å². The normalized spacial score (nSPS) is 17.0. The van der Waals surface area contributed by atoms with Crippen LogP contribution in [0.25, 0.3) is 10.8 Å². The number of rotatable bonds is 7. The molecule has 0 radical (unpaired) electrons. The molecule has 4 aromatic rings. The van der Waals surface area contributed by atoms with Crippen LogP contribution in [0, 0.1) is 5.82 Å². The number of nitrogens with one attached hydrogen (secondary N) is 2. The molecule has 2 aromatic heterocycles. The monoisotopic (exact) mass is 675 g/mol. The van der Waals surface area contributed by atoms with Crippen LogP contribution in [0.2, 0.25) is 0 Å². The third kappa shape index (κ3) is 6.36. The van der Waals surface area contributed by atoms with E-state index in [0.29, 0.717) is 39.3 Å². The molecule has 1 fully saturated rings. The molecule has 2 amide bonds. The molecule has 0 saturated heterocycles. The average molecular weight is 677 g/mol. The molecule has 2 heterocycles. The third-order valence-corrected chi connectivity index (χ3v) is 9.03. The summed E-state index contributed by atoms with van der Waals surface area (Å²) in [4.78, 5) is 46.3. The molecule has 0 aliphatic heterocycles. The van der Waals surface area contributed by atoms with Crippen LogP contribution in [0.5, 0.6) is 0 Å². The summed E-state index contributed by atoms with van der Waals surface area (Å²) in [6, 6.07) is 13.9. The number of aryl methyl sites for hydroxylation is 1. The molecule has 2 aliphatic rings. The molecule has 1 unspecified atom stereocenters. The number of fused-ring (bicyclic) bond motifs is 2. The van der Waals surface area contributed by atoms with Crippen molar-refractivity contribution in [2.45, 2.75) is 83.0 Å². The highest BCUT2D eigenvalue weighted by Crippen LogP contribution is 2.52. The first-order valence-corrected chi connectivity index (χ1v) is 15.9. The first kappa shape index (κ1) is 30.9. The topological polar surface area (TPSA) is 117 Å². The van der Waals surface area contributed by atoms with Crippen molar-refractivity contribution in [2.24, 2.45) is 0 Å². The van der Waals surface area contributed by atoms with Gasteiger partial charge in [-0.1, -0.05) is 34.1 Å². The van der Waals surface area contributed by atoms with E-state index in [9.17, 15) is 14.4 Å². The maximum Gasteiger partial charge on any atom is 0.407 e. The van der Waals surface area contributed by atoms with Crippen LogP contribution in [-0.2, 0) is 34.5 Å². The molecular weight excluding hydrogens is 641 g/mol. The molecule has 9 nitrogen and oxygen atoms in total. The van der Waals surface area contributed by atoms with E-state index in [1.165, 1.54) is 6.07 Å². The Balaban J connectivity index is 1.37. The Morgan fingerprint density at radius 1 is 1.16 bits per heavy atom. The number of hydrogen-bond acceptors (Lipinski definition) is 6. The van der Waals surface area contributed by atoms with Crippen molar-refractivity contribution < 1.29 is 18.7 Å². The fourth-order valence-corrected chi connectivity index (χ4v) is 6.53. The fourth-order valence-electron chi connectivity index (χ4n) is 6.19. The Morgan fingerprint density at radius 2 is 1.96 bits per heavy atom. The van der Waals surface area contributed by atoms with Gasteiger partial charge in [0.25, 0.3) is 5.56 Å².